The number of phosphoric ester groups is 2. The molecule has 0 fully saturated rings. The van der Waals surface area contributed by atoms with Crippen LogP contribution in [0, 0.1) is 0 Å². The largest absolute Gasteiger partial charge is 0.472 e. The van der Waals surface area contributed by atoms with Gasteiger partial charge in [-0.05, 0) is 122 Å². The second kappa shape index (κ2) is 79.0. The summed E-state index contributed by atoms with van der Waals surface area (Å²) in [7, 11) is -9.79. The van der Waals surface area contributed by atoms with Crippen LogP contribution in [-0.2, 0) is 55.8 Å². The average molecular weight is 1510 g/mol. The molecule has 0 bridgehead atoms. The summed E-state index contributed by atoms with van der Waals surface area (Å²) in [5, 5.41) is 20.7. The molecule has 105 heavy (non-hydrogen) atoms. The van der Waals surface area contributed by atoms with Crippen molar-refractivity contribution in [3.63, 3.8) is 0 Å². The first-order valence-electron chi connectivity index (χ1n) is 41.1. The molecule has 0 spiro atoms. The molecule has 0 saturated carbocycles. The first kappa shape index (κ1) is 100. The summed E-state index contributed by atoms with van der Waals surface area (Å²) in [5.41, 5.74) is 0. The molecule has 5 atom stereocenters. The predicted molar refractivity (Wildman–Crippen MR) is 436 cm³/mol. The molecule has 4 N–H and O–H groups in total. The summed E-state index contributed by atoms with van der Waals surface area (Å²) >= 11 is 0. The van der Waals surface area contributed by atoms with Gasteiger partial charge in [0, 0.05) is 19.3 Å². The van der Waals surface area contributed by atoms with Crippen molar-refractivity contribution in [2.45, 2.75) is 347 Å². The Kier molecular flexibility index (Phi) is 75.6. The molecule has 0 heterocycles. The summed E-state index contributed by atoms with van der Waals surface area (Å²) < 4.78 is 61.2. The van der Waals surface area contributed by atoms with E-state index in [1.54, 1.807) is 0 Å². The topological polar surface area (TPSA) is 231 Å². The predicted octanol–water partition coefficient (Wildman–Crippen LogP) is 24.4. The van der Waals surface area contributed by atoms with Gasteiger partial charge in [-0.1, -0.05) is 334 Å². The number of hydrogen-bond donors (Lipinski definition) is 4. The number of allylic oxidation sites excluding steroid dienone is 24. The maximum absolute atomic E-state index is 13.0. The Bertz CT molecular complexity index is 2490. The van der Waals surface area contributed by atoms with Gasteiger partial charge in [0.25, 0.3) is 0 Å². The number of ether oxygens (including phenoxy) is 3. The Hall–Kier alpha value is -4.57. The Morgan fingerprint density at radius 1 is 0.276 bits per heavy atom. The van der Waals surface area contributed by atoms with E-state index >= 15 is 0 Å². The number of carbonyl (C=O) groups excluding carboxylic acids is 3. The molecule has 0 aromatic rings. The molecule has 0 saturated heterocycles. The van der Waals surface area contributed by atoms with Gasteiger partial charge in [-0.2, -0.15) is 0 Å². The maximum atomic E-state index is 13.0. The van der Waals surface area contributed by atoms with Crippen LogP contribution >= 0.6 is 15.6 Å². The van der Waals surface area contributed by atoms with Crippen molar-refractivity contribution >= 4 is 33.6 Å². The van der Waals surface area contributed by atoms with Crippen LogP contribution < -0.4 is 0 Å². The van der Waals surface area contributed by atoms with Crippen molar-refractivity contribution in [2.75, 3.05) is 39.6 Å². The molecule has 0 aliphatic heterocycles. The number of unbranched alkanes of at least 4 members (excludes halogenated alkanes) is 30. The lowest BCUT2D eigenvalue weighted by atomic mass is 10.0. The smallest absolute Gasteiger partial charge is 0.463 e. The molecule has 0 aliphatic carbocycles. The van der Waals surface area contributed by atoms with Gasteiger partial charge in [-0.3, -0.25) is 32.5 Å². The Morgan fingerprint density at radius 3 is 0.800 bits per heavy atom. The molecule has 18 heteroatoms. The SMILES string of the molecule is CC/C=C\C/C=C\C/C=C\C/C=C\C/C=C\C/C=C\CCCCCCCCCCCCCCC(=O)OCC(O)COP(=O)(O)OCC(O)COP(=O)(O)OCC(COC(=O)CCCCCCCC/C=C\C/C=C\C/C=C\C/C=C\C/C=C\C/C=C\CC)OC(=O)CCCCCCCCCCCCCCC. The van der Waals surface area contributed by atoms with E-state index in [0.29, 0.717) is 19.3 Å². The van der Waals surface area contributed by atoms with Crippen molar-refractivity contribution in [2.24, 2.45) is 0 Å². The van der Waals surface area contributed by atoms with E-state index < -0.39 is 91.5 Å². The van der Waals surface area contributed by atoms with Crippen LogP contribution in [0.2, 0.25) is 0 Å². The Balaban J connectivity index is 4.49. The molecule has 0 aromatic carbocycles. The first-order valence-corrected chi connectivity index (χ1v) is 44.1. The van der Waals surface area contributed by atoms with Crippen molar-refractivity contribution in [3.8, 4) is 0 Å². The fourth-order valence-electron chi connectivity index (χ4n) is 10.9. The van der Waals surface area contributed by atoms with Gasteiger partial charge in [0.05, 0.1) is 26.4 Å². The maximum Gasteiger partial charge on any atom is 0.472 e. The third kappa shape index (κ3) is 80.3. The normalized spacial score (nSPS) is 14.7. The van der Waals surface area contributed by atoms with Crippen LogP contribution in [0.3, 0.4) is 0 Å². The number of aliphatic hydroxyl groups is 2. The Morgan fingerprint density at radius 2 is 0.505 bits per heavy atom. The quantitative estimate of drug-likeness (QED) is 0.0146. The van der Waals surface area contributed by atoms with E-state index in [2.05, 4.69) is 167 Å². The summed E-state index contributed by atoms with van der Waals surface area (Å²) in [6.45, 7) is 2.45. The van der Waals surface area contributed by atoms with Crippen LogP contribution in [0.15, 0.2) is 146 Å². The molecule has 0 aliphatic rings. The minimum absolute atomic E-state index is 0.101. The number of phosphoric acid groups is 2. The number of rotatable bonds is 77. The molecule has 0 amide bonds. The second-order valence-corrected chi connectivity index (χ2v) is 30.1. The molecular weight excluding hydrogens is 1360 g/mol. The van der Waals surface area contributed by atoms with E-state index in [-0.39, 0.29) is 19.3 Å². The highest BCUT2D eigenvalue weighted by Crippen LogP contribution is 2.45. The Labute approximate surface area is 638 Å². The molecule has 0 radical (unpaired) electrons. The van der Waals surface area contributed by atoms with E-state index in [4.69, 9.17) is 32.3 Å². The minimum atomic E-state index is -4.93. The summed E-state index contributed by atoms with van der Waals surface area (Å²) in [4.78, 5) is 58.7. The number of aliphatic hydroxyl groups excluding tert-OH is 2. The van der Waals surface area contributed by atoms with Gasteiger partial charge in [0.15, 0.2) is 6.10 Å². The fourth-order valence-corrected chi connectivity index (χ4v) is 12.5. The summed E-state index contributed by atoms with van der Waals surface area (Å²) in [6.07, 6.45) is 97.5. The number of carbonyl (C=O) groups is 3. The van der Waals surface area contributed by atoms with E-state index in [1.807, 2.05) is 0 Å². The summed E-state index contributed by atoms with van der Waals surface area (Å²) in [5.74, 6) is -1.59. The number of esters is 3. The van der Waals surface area contributed by atoms with E-state index in [1.165, 1.54) is 103 Å². The van der Waals surface area contributed by atoms with Gasteiger partial charge >= 0.3 is 33.6 Å². The highest BCUT2D eigenvalue weighted by Gasteiger charge is 2.29. The van der Waals surface area contributed by atoms with E-state index in [0.717, 1.165) is 167 Å². The molecule has 5 unspecified atom stereocenters. The van der Waals surface area contributed by atoms with Gasteiger partial charge < -0.3 is 34.2 Å². The van der Waals surface area contributed by atoms with Crippen molar-refractivity contribution in [3.05, 3.63) is 146 Å². The average Bonchev–Trinajstić information content (AvgIpc) is 0.913. The molecular formula is C87H148O16P2. The zero-order valence-corrected chi connectivity index (χ0v) is 67.6. The van der Waals surface area contributed by atoms with Crippen LogP contribution in [-0.4, -0.2) is 95.9 Å². The first-order chi connectivity index (χ1) is 51.2. The van der Waals surface area contributed by atoms with Gasteiger partial charge in [-0.25, -0.2) is 9.13 Å². The van der Waals surface area contributed by atoms with Gasteiger partial charge in [0.2, 0.25) is 0 Å². The highest BCUT2D eigenvalue weighted by molar-refractivity contribution is 7.47. The lowest BCUT2D eigenvalue weighted by molar-refractivity contribution is -0.161. The van der Waals surface area contributed by atoms with Gasteiger partial charge in [0.1, 0.15) is 25.4 Å². The molecule has 16 nitrogen and oxygen atoms in total. The van der Waals surface area contributed by atoms with Crippen molar-refractivity contribution in [1.29, 1.82) is 0 Å². The van der Waals surface area contributed by atoms with Crippen LogP contribution in [0.25, 0.3) is 0 Å². The zero-order chi connectivity index (χ0) is 76.6. The molecule has 0 rings (SSSR count). The molecule has 602 valence electrons. The number of hydrogen-bond acceptors (Lipinski definition) is 14. The third-order valence-electron chi connectivity index (χ3n) is 17.1. The standard InChI is InChI=1S/C87H148O16P2/c1-4-7-10-13-16-19-22-25-27-29-31-33-35-37-38-39-40-41-42-44-46-47-49-51-53-56-58-61-64-67-70-73-85(90)97-76-82(88)77-99-104(93,94)100-78-83(89)79-101-105(95,96)102-81-84(103-87(92)75-72-69-66-63-60-55-24-21-18-15-12-9-6-3)80-98-86(91)74-71-68-65-62-59-57-54-52-50-48-45-43-36-34-32-30-28-26-23-20-17-14-11-8-5-2/h7-8,10-11,16-17,19-20,25-28,31-34,37-38,40-41,43,45,50,52,82-84,88-89H,4-6,9,12-15,18,21-24,29-30,35-36,39,42,44,46-49,51,53-81H2,1-3H3,(H,93,94)(H,95,96)/b10-7-,11-8-,19-16-,20-17-,27-25-,28-26-,33-31-,34-32-,38-37-,41-40-,45-43-,52-50-. The fraction of sp³-hybridized carbons (Fsp3) is 0.690. The van der Waals surface area contributed by atoms with Crippen LogP contribution in [0.5, 0.6) is 0 Å². The third-order valence-corrected chi connectivity index (χ3v) is 19.0. The lowest BCUT2D eigenvalue weighted by Crippen LogP contribution is -2.30. The summed E-state index contributed by atoms with van der Waals surface area (Å²) in [6, 6.07) is 0. The van der Waals surface area contributed by atoms with Crippen LogP contribution in [0.4, 0.5) is 0 Å². The lowest BCUT2D eigenvalue weighted by Gasteiger charge is -2.21. The minimum Gasteiger partial charge on any atom is -0.463 e. The molecule has 0 aromatic heterocycles. The van der Waals surface area contributed by atoms with Gasteiger partial charge in [-0.15, -0.1) is 0 Å². The monoisotopic (exact) mass is 1510 g/mol. The van der Waals surface area contributed by atoms with Crippen molar-refractivity contribution in [1.82, 2.24) is 0 Å². The second-order valence-electron chi connectivity index (χ2n) is 27.2. The van der Waals surface area contributed by atoms with E-state index in [9.17, 15) is 43.5 Å². The zero-order valence-electron chi connectivity index (χ0n) is 65.9. The van der Waals surface area contributed by atoms with Crippen LogP contribution in [0.1, 0.15) is 329 Å². The highest BCUT2D eigenvalue weighted by atomic mass is 31.2. The van der Waals surface area contributed by atoms with Crippen molar-refractivity contribution < 1.29 is 75.8 Å².